The van der Waals surface area contributed by atoms with Crippen LogP contribution in [0.15, 0.2) is 42.5 Å². The van der Waals surface area contributed by atoms with Crippen LogP contribution in [0.1, 0.15) is 30.1 Å². The predicted molar refractivity (Wildman–Crippen MR) is 79.7 cm³/mol. The van der Waals surface area contributed by atoms with Gasteiger partial charge in [0.2, 0.25) is 0 Å². The second kappa shape index (κ2) is 4.91. The Balaban J connectivity index is 1.88. The first kappa shape index (κ1) is 13.1. The van der Waals surface area contributed by atoms with Crippen molar-refractivity contribution in [3.63, 3.8) is 0 Å². The molecular weight excluding hydrogens is 250 g/mol. The smallest absolute Gasteiger partial charge is 0.253 e. The van der Waals surface area contributed by atoms with Gasteiger partial charge in [-0.2, -0.15) is 0 Å². The van der Waals surface area contributed by atoms with Crippen LogP contribution in [0.25, 0.3) is 10.8 Å². The van der Waals surface area contributed by atoms with E-state index in [1.165, 1.54) is 0 Å². The summed E-state index contributed by atoms with van der Waals surface area (Å²) in [4.78, 5) is 14.3. The maximum atomic E-state index is 12.5. The third-order valence-corrected chi connectivity index (χ3v) is 3.96. The summed E-state index contributed by atoms with van der Waals surface area (Å²) in [6, 6.07) is 13.8. The number of hydrogen-bond acceptors (Lipinski definition) is 2. The van der Waals surface area contributed by atoms with Crippen molar-refractivity contribution in [2.45, 2.75) is 25.4 Å². The van der Waals surface area contributed by atoms with Crippen LogP contribution in [0.3, 0.4) is 0 Å². The number of β-amino-alcohol motifs (C(OH)–C–C–N with tert-alkyl or cyclic N) is 1. The van der Waals surface area contributed by atoms with Crippen LogP contribution in [-0.2, 0) is 0 Å². The largest absolute Gasteiger partial charge is 0.388 e. The predicted octanol–water partition coefficient (Wildman–Crippen LogP) is 2.83. The highest BCUT2D eigenvalue weighted by Gasteiger charge is 2.31. The SMILES string of the molecule is CC1(O)CCCN(C(=O)c2ccc3ccccc3c2)C1. The minimum Gasteiger partial charge on any atom is -0.388 e. The summed E-state index contributed by atoms with van der Waals surface area (Å²) in [6.45, 7) is 2.94. The number of fused-ring (bicyclic) bond motifs is 1. The van der Waals surface area contributed by atoms with Gasteiger partial charge in [-0.3, -0.25) is 4.79 Å². The van der Waals surface area contributed by atoms with Crippen molar-refractivity contribution >= 4 is 16.7 Å². The molecule has 2 aromatic carbocycles. The van der Waals surface area contributed by atoms with Gasteiger partial charge in [0.1, 0.15) is 0 Å². The van der Waals surface area contributed by atoms with Crippen molar-refractivity contribution in [1.29, 1.82) is 0 Å². The number of benzene rings is 2. The molecule has 3 heteroatoms. The maximum absolute atomic E-state index is 12.5. The number of hydrogen-bond donors (Lipinski definition) is 1. The molecule has 0 spiro atoms. The van der Waals surface area contributed by atoms with E-state index in [0.717, 1.165) is 30.2 Å². The summed E-state index contributed by atoms with van der Waals surface area (Å²) < 4.78 is 0. The van der Waals surface area contributed by atoms with Gasteiger partial charge in [-0.05, 0) is 42.7 Å². The lowest BCUT2D eigenvalue weighted by Crippen LogP contribution is -2.48. The molecule has 1 aliphatic heterocycles. The Morgan fingerprint density at radius 2 is 1.95 bits per heavy atom. The molecule has 1 saturated heterocycles. The minimum atomic E-state index is -0.759. The highest BCUT2D eigenvalue weighted by atomic mass is 16.3. The van der Waals surface area contributed by atoms with E-state index in [9.17, 15) is 9.90 Å². The number of carbonyl (C=O) groups excluding carboxylic acids is 1. The molecule has 20 heavy (non-hydrogen) atoms. The van der Waals surface area contributed by atoms with Crippen LogP contribution in [-0.4, -0.2) is 34.6 Å². The van der Waals surface area contributed by atoms with E-state index in [1.807, 2.05) is 42.5 Å². The standard InChI is InChI=1S/C17H19NO2/c1-17(20)9-4-10-18(12-17)16(19)15-8-7-13-5-2-3-6-14(13)11-15/h2-3,5-8,11,20H,4,9-10,12H2,1H3. The number of carbonyl (C=O) groups is 1. The van der Waals surface area contributed by atoms with E-state index in [4.69, 9.17) is 0 Å². The highest BCUT2D eigenvalue weighted by molar-refractivity contribution is 5.98. The highest BCUT2D eigenvalue weighted by Crippen LogP contribution is 2.23. The van der Waals surface area contributed by atoms with Crippen LogP contribution in [0.4, 0.5) is 0 Å². The number of aliphatic hydroxyl groups is 1. The molecule has 0 bridgehead atoms. The van der Waals surface area contributed by atoms with Crippen LogP contribution in [0, 0.1) is 0 Å². The number of nitrogens with zero attached hydrogens (tertiary/aromatic N) is 1. The Morgan fingerprint density at radius 3 is 2.70 bits per heavy atom. The molecule has 1 atom stereocenters. The van der Waals surface area contributed by atoms with Gasteiger partial charge in [-0.25, -0.2) is 0 Å². The van der Waals surface area contributed by atoms with Crippen molar-refractivity contribution in [2.24, 2.45) is 0 Å². The van der Waals surface area contributed by atoms with Crippen molar-refractivity contribution in [3.8, 4) is 0 Å². The van der Waals surface area contributed by atoms with Crippen LogP contribution in [0.5, 0.6) is 0 Å². The summed E-state index contributed by atoms with van der Waals surface area (Å²) >= 11 is 0. The average Bonchev–Trinajstić information content (AvgIpc) is 2.45. The molecule has 0 saturated carbocycles. The van der Waals surface area contributed by atoms with Gasteiger partial charge in [0.25, 0.3) is 5.91 Å². The van der Waals surface area contributed by atoms with Crippen molar-refractivity contribution in [1.82, 2.24) is 4.90 Å². The third kappa shape index (κ3) is 2.54. The Bertz CT molecular complexity index is 648. The molecule has 1 unspecified atom stereocenters. The monoisotopic (exact) mass is 269 g/mol. The quantitative estimate of drug-likeness (QED) is 0.864. The normalized spacial score (nSPS) is 23.0. The first-order valence-corrected chi connectivity index (χ1v) is 7.06. The maximum Gasteiger partial charge on any atom is 0.253 e. The zero-order valence-corrected chi connectivity index (χ0v) is 11.7. The first-order valence-electron chi connectivity index (χ1n) is 7.06. The molecule has 1 N–H and O–H groups in total. The van der Waals surface area contributed by atoms with E-state index < -0.39 is 5.60 Å². The van der Waals surface area contributed by atoms with Crippen molar-refractivity contribution in [2.75, 3.05) is 13.1 Å². The lowest BCUT2D eigenvalue weighted by atomic mass is 9.94. The first-order chi connectivity index (χ1) is 9.55. The molecule has 0 aromatic heterocycles. The lowest BCUT2D eigenvalue weighted by molar-refractivity contribution is -0.0107. The topological polar surface area (TPSA) is 40.5 Å². The molecule has 0 aliphatic carbocycles. The van der Waals surface area contributed by atoms with Crippen molar-refractivity contribution in [3.05, 3.63) is 48.0 Å². The molecule has 1 fully saturated rings. The van der Waals surface area contributed by atoms with Gasteiger partial charge < -0.3 is 10.0 Å². The summed E-state index contributed by atoms with van der Waals surface area (Å²) in [5.74, 6) is 0.00993. The minimum absolute atomic E-state index is 0.00993. The molecular formula is C17H19NO2. The fourth-order valence-electron chi connectivity index (χ4n) is 2.90. The van der Waals surface area contributed by atoms with E-state index in [1.54, 1.807) is 11.8 Å². The van der Waals surface area contributed by atoms with Gasteiger partial charge >= 0.3 is 0 Å². The van der Waals surface area contributed by atoms with Crippen LogP contribution in [0.2, 0.25) is 0 Å². The summed E-state index contributed by atoms with van der Waals surface area (Å²) in [6.07, 6.45) is 1.61. The molecule has 1 aliphatic rings. The molecule has 1 amide bonds. The number of likely N-dealkylation sites (tertiary alicyclic amines) is 1. The summed E-state index contributed by atoms with van der Waals surface area (Å²) in [5.41, 5.74) is -0.0634. The Kier molecular flexibility index (Phi) is 3.22. The molecule has 1 heterocycles. The number of piperidine rings is 1. The van der Waals surface area contributed by atoms with Gasteiger partial charge in [0.15, 0.2) is 0 Å². The zero-order valence-electron chi connectivity index (χ0n) is 11.7. The fraction of sp³-hybridized carbons (Fsp3) is 0.353. The summed E-state index contributed by atoms with van der Waals surface area (Å²) in [7, 11) is 0. The average molecular weight is 269 g/mol. The second-order valence-electron chi connectivity index (χ2n) is 5.89. The van der Waals surface area contributed by atoms with Gasteiger partial charge in [0.05, 0.1) is 5.60 Å². The van der Waals surface area contributed by atoms with E-state index in [-0.39, 0.29) is 5.91 Å². The van der Waals surface area contributed by atoms with Gasteiger partial charge in [-0.1, -0.05) is 30.3 Å². The molecule has 0 radical (unpaired) electrons. The molecule has 3 rings (SSSR count). The number of amides is 1. The fourth-order valence-corrected chi connectivity index (χ4v) is 2.90. The lowest BCUT2D eigenvalue weighted by Gasteiger charge is -2.36. The Morgan fingerprint density at radius 1 is 1.20 bits per heavy atom. The Labute approximate surface area is 118 Å². The molecule has 2 aromatic rings. The molecule has 3 nitrogen and oxygen atoms in total. The van der Waals surface area contributed by atoms with Crippen LogP contribution >= 0.6 is 0 Å². The third-order valence-electron chi connectivity index (χ3n) is 3.96. The molecule has 104 valence electrons. The van der Waals surface area contributed by atoms with Crippen molar-refractivity contribution < 1.29 is 9.90 Å². The van der Waals surface area contributed by atoms with E-state index >= 15 is 0 Å². The van der Waals surface area contributed by atoms with Gasteiger partial charge in [0, 0.05) is 18.7 Å². The summed E-state index contributed by atoms with van der Waals surface area (Å²) in [5, 5.41) is 12.3. The van der Waals surface area contributed by atoms with E-state index in [0.29, 0.717) is 12.1 Å². The zero-order chi connectivity index (χ0) is 14.2. The Hall–Kier alpha value is -1.87. The van der Waals surface area contributed by atoms with Crippen LogP contribution < -0.4 is 0 Å². The number of rotatable bonds is 1. The second-order valence-corrected chi connectivity index (χ2v) is 5.89. The van der Waals surface area contributed by atoms with Gasteiger partial charge in [-0.15, -0.1) is 0 Å². The van der Waals surface area contributed by atoms with E-state index in [2.05, 4.69) is 0 Å².